The lowest BCUT2D eigenvalue weighted by atomic mass is 10.2. The van der Waals surface area contributed by atoms with E-state index in [4.69, 9.17) is 19.3 Å². The number of ether oxygens (including phenoxy) is 3. The van der Waals surface area contributed by atoms with Gasteiger partial charge in [-0.05, 0) is 44.7 Å². The minimum absolute atomic E-state index is 0.0255. The molecule has 1 saturated heterocycles. The van der Waals surface area contributed by atoms with Gasteiger partial charge < -0.3 is 24.6 Å². The van der Waals surface area contributed by atoms with E-state index in [1.165, 1.54) is 18.4 Å². The Hall–Kier alpha value is -1.47. The maximum absolute atomic E-state index is 9.96. The van der Waals surface area contributed by atoms with Crippen LogP contribution in [0.15, 0.2) is 30.3 Å². The first-order valence-electron chi connectivity index (χ1n) is 11.9. The molecule has 0 radical (unpaired) electrons. The Labute approximate surface area is 187 Å². The van der Waals surface area contributed by atoms with Crippen molar-refractivity contribution < 1.29 is 24.1 Å². The van der Waals surface area contributed by atoms with E-state index in [1.54, 1.807) is 0 Å². The molecular formula is C25H41NO5. The summed E-state index contributed by atoms with van der Waals surface area (Å²) in [6.07, 6.45) is 10.3. The van der Waals surface area contributed by atoms with E-state index in [0.29, 0.717) is 19.1 Å². The summed E-state index contributed by atoms with van der Waals surface area (Å²) >= 11 is 0. The summed E-state index contributed by atoms with van der Waals surface area (Å²) in [5.74, 6) is -0.675. The maximum atomic E-state index is 9.96. The highest BCUT2D eigenvalue weighted by molar-refractivity contribution is 5.66. The minimum atomic E-state index is -0.675. The van der Waals surface area contributed by atoms with E-state index in [9.17, 15) is 4.79 Å². The highest BCUT2D eigenvalue weighted by Crippen LogP contribution is 2.29. The van der Waals surface area contributed by atoms with Crippen molar-refractivity contribution in [3.8, 4) is 0 Å². The molecule has 1 heterocycles. The number of benzene rings is 1. The number of aliphatic carboxylic acids is 1. The average molecular weight is 436 g/mol. The van der Waals surface area contributed by atoms with Gasteiger partial charge in [0.15, 0.2) is 6.29 Å². The lowest BCUT2D eigenvalue weighted by Crippen LogP contribution is -2.38. The van der Waals surface area contributed by atoms with Gasteiger partial charge in [-0.2, -0.15) is 0 Å². The molecule has 4 atom stereocenters. The zero-order chi connectivity index (χ0) is 22.3. The van der Waals surface area contributed by atoms with Crippen molar-refractivity contribution in [1.29, 1.82) is 0 Å². The molecule has 31 heavy (non-hydrogen) atoms. The third-order valence-electron chi connectivity index (χ3n) is 5.87. The summed E-state index contributed by atoms with van der Waals surface area (Å²) in [4.78, 5) is 9.96. The molecule has 1 aliphatic carbocycles. The van der Waals surface area contributed by atoms with Gasteiger partial charge in [0.2, 0.25) is 0 Å². The van der Waals surface area contributed by atoms with Crippen LogP contribution in [0.3, 0.4) is 0 Å². The SMILES string of the molecule is CCCCCCC(=O)O.CN[C@@H]1C[C@@H](OCc2ccccc2)CC1OC1CCCCO1. The summed E-state index contributed by atoms with van der Waals surface area (Å²) in [5.41, 5.74) is 1.23. The second-order valence-corrected chi connectivity index (χ2v) is 8.46. The van der Waals surface area contributed by atoms with E-state index < -0.39 is 5.97 Å². The second-order valence-electron chi connectivity index (χ2n) is 8.46. The minimum Gasteiger partial charge on any atom is -0.481 e. The molecule has 1 aliphatic heterocycles. The normalized spacial score (nSPS) is 25.6. The van der Waals surface area contributed by atoms with Gasteiger partial charge in [-0.15, -0.1) is 0 Å². The summed E-state index contributed by atoms with van der Waals surface area (Å²) in [6, 6.07) is 10.7. The van der Waals surface area contributed by atoms with Crippen LogP contribution >= 0.6 is 0 Å². The number of carboxylic acids is 1. The first-order chi connectivity index (χ1) is 15.1. The van der Waals surface area contributed by atoms with Gasteiger partial charge >= 0.3 is 5.97 Å². The van der Waals surface area contributed by atoms with Crippen LogP contribution in [0.1, 0.15) is 76.7 Å². The molecule has 0 aromatic heterocycles. The Morgan fingerprint density at radius 3 is 2.61 bits per heavy atom. The van der Waals surface area contributed by atoms with Crippen molar-refractivity contribution in [2.45, 2.75) is 102 Å². The number of carboxylic acid groups (broad SMARTS) is 1. The first kappa shape index (κ1) is 25.8. The molecule has 2 fully saturated rings. The highest BCUT2D eigenvalue weighted by Gasteiger charge is 2.36. The van der Waals surface area contributed by atoms with Crippen LogP contribution in [0.4, 0.5) is 0 Å². The van der Waals surface area contributed by atoms with Gasteiger partial charge in [-0.1, -0.05) is 56.5 Å². The molecule has 0 spiro atoms. The van der Waals surface area contributed by atoms with Gasteiger partial charge in [-0.25, -0.2) is 0 Å². The van der Waals surface area contributed by atoms with Crippen molar-refractivity contribution in [1.82, 2.24) is 5.32 Å². The summed E-state index contributed by atoms with van der Waals surface area (Å²) in [5, 5.41) is 11.6. The van der Waals surface area contributed by atoms with Crippen LogP contribution in [0.5, 0.6) is 0 Å². The predicted molar refractivity (Wildman–Crippen MR) is 122 cm³/mol. The van der Waals surface area contributed by atoms with Crippen LogP contribution in [0.2, 0.25) is 0 Å². The van der Waals surface area contributed by atoms with Gasteiger partial charge in [-0.3, -0.25) is 4.79 Å². The standard InChI is InChI=1S/C18H27NO3.C7H14O2/c1-19-16-11-15(21-13-14-7-3-2-4-8-14)12-17(16)22-18-9-5-6-10-20-18;1-2-3-4-5-6-7(8)9/h2-4,7-8,15-19H,5-6,9-13H2,1H3;2-6H2,1H3,(H,8,9)/t15-,16-,17?,18?;/m1./s1. The molecule has 1 saturated carbocycles. The van der Waals surface area contributed by atoms with Crippen LogP contribution in [0.25, 0.3) is 0 Å². The molecule has 0 amide bonds. The van der Waals surface area contributed by atoms with E-state index in [-0.39, 0.29) is 18.5 Å². The highest BCUT2D eigenvalue weighted by atomic mass is 16.7. The fourth-order valence-corrected chi connectivity index (χ4v) is 4.05. The smallest absolute Gasteiger partial charge is 0.303 e. The van der Waals surface area contributed by atoms with Crippen molar-refractivity contribution in [2.75, 3.05) is 13.7 Å². The molecule has 2 N–H and O–H groups in total. The Morgan fingerprint density at radius 1 is 1.16 bits per heavy atom. The number of hydrogen-bond donors (Lipinski definition) is 2. The quantitative estimate of drug-likeness (QED) is 0.481. The molecule has 176 valence electrons. The Morgan fingerprint density at radius 2 is 1.97 bits per heavy atom. The number of carbonyl (C=O) groups is 1. The number of nitrogens with one attached hydrogen (secondary N) is 1. The van der Waals surface area contributed by atoms with E-state index in [1.807, 2.05) is 13.1 Å². The average Bonchev–Trinajstić information content (AvgIpc) is 3.19. The number of hydrogen-bond acceptors (Lipinski definition) is 5. The van der Waals surface area contributed by atoms with Crippen LogP contribution in [-0.2, 0) is 25.6 Å². The summed E-state index contributed by atoms with van der Waals surface area (Å²) in [6.45, 7) is 3.62. The lowest BCUT2D eigenvalue weighted by Gasteiger charge is -2.28. The van der Waals surface area contributed by atoms with Crippen LogP contribution in [-0.4, -0.2) is 49.3 Å². The molecule has 0 bridgehead atoms. The second kappa shape index (κ2) is 15.4. The van der Waals surface area contributed by atoms with Crippen molar-refractivity contribution in [3.05, 3.63) is 35.9 Å². The monoisotopic (exact) mass is 435 g/mol. The lowest BCUT2D eigenvalue weighted by molar-refractivity contribution is -0.191. The van der Waals surface area contributed by atoms with Gasteiger partial charge in [0, 0.05) is 25.5 Å². The Balaban J connectivity index is 0.000000323. The van der Waals surface area contributed by atoms with E-state index in [0.717, 1.165) is 51.6 Å². The topological polar surface area (TPSA) is 77.0 Å². The number of unbranched alkanes of at least 4 members (excludes halogenated alkanes) is 3. The number of rotatable bonds is 11. The summed E-state index contributed by atoms with van der Waals surface area (Å²) in [7, 11) is 2.00. The molecule has 3 rings (SSSR count). The Kier molecular flexibility index (Phi) is 12.8. The van der Waals surface area contributed by atoms with E-state index in [2.05, 4.69) is 36.5 Å². The van der Waals surface area contributed by atoms with Crippen molar-refractivity contribution in [2.24, 2.45) is 0 Å². The zero-order valence-electron chi connectivity index (χ0n) is 19.3. The fraction of sp³-hybridized carbons (Fsp3) is 0.720. The van der Waals surface area contributed by atoms with Gasteiger partial charge in [0.25, 0.3) is 0 Å². The zero-order valence-corrected chi connectivity index (χ0v) is 19.3. The van der Waals surface area contributed by atoms with Crippen molar-refractivity contribution in [3.63, 3.8) is 0 Å². The van der Waals surface area contributed by atoms with Crippen LogP contribution in [0, 0.1) is 0 Å². The molecule has 1 aromatic rings. The van der Waals surface area contributed by atoms with E-state index >= 15 is 0 Å². The third-order valence-corrected chi connectivity index (χ3v) is 5.87. The largest absolute Gasteiger partial charge is 0.481 e. The van der Waals surface area contributed by atoms with Gasteiger partial charge in [0.1, 0.15) is 0 Å². The predicted octanol–water partition coefficient (Wildman–Crippen LogP) is 4.91. The number of likely N-dealkylation sites (N-methyl/N-ethyl adjacent to an activating group) is 1. The third kappa shape index (κ3) is 10.6. The molecule has 6 heteroatoms. The summed E-state index contributed by atoms with van der Waals surface area (Å²) < 4.78 is 18.0. The Bertz CT molecular complexity index is 591. The molecule has 2 unspecified atom stereocenters. The maximum Gasteiger partial charge on any atom is 0.303 e. The molecule has 1 aromatic carbocycles. The molecule has 2 aliphatic rings. The van der Waals surface area contributed by atoms with Crippen molar-refractivity contribution >= 4 is 5.97 Å². The molecular weight excluding hydrogens is 394 g/mol. The fourth-order valence-electron chi connectivity index (χ4n) is 4.05. The van der Waals surface area contributed by atoms with Crippen LogP contribution < -0.4 is 5.32 Å². The molecule has 6 nitrogen and oxygen atoms in total. The first-order valence-corrected chi connectivity index (χ1v) is 11.9. The van der Waals surface area contributed by atoms with Gasteiger partial charge in [0.05, 0.1) is 18.8 Å².